The van der Waals surface area contributed by atoms with Gasteiger partial charge in [0.2, 0.25) is 0 Å². The number of rotatable bonds is 4. The lowest BCUT2D eigenvalue weighted by molar-refractivity contribution is -0.123. The van der Waals surface area contributed by atoms with Crippen molar-refractivity contribution in [3.05, 3.63) is 46.4 Å². The fourth-order valence-corrected chi connectivity index (χ4v) is 2.45. The summed E-state index contributed by atoms with van der Waals surface area (Å²) in [5.41, 5.74) is 1.58. The normalized spacial score (nSPS) is 12.0. The maximum atomic E-state index is 12.5. The number of hydrogen-bond donors (Lipinski definition) is 1. The van der Waals surface area contributed by atoms with Crippen LogP contribution in [0.15, 0.2) is 28.9 Å². The molecule has 0 spiro atoms. The van der Waals surface area contributed by atoms with Crippen molar-refractivity contribution in [2.24, 2.45) is 0 Å². The monoisotopic (exact) mass is 374 g/mol. The summed E-state index contributed by atoms with van der Waals surface area (Å²) >= 11 is 5.75. The average molecular weight is 375 g/mol. The van der Waals surface area contributed by atoms with Gasteiger partial charge in [0.1, 0.15) is 5.82 Å². The van der Waals surface area contributed by atoms with Crippen LogP contribution in [0.3, 0.4) is 0 Å². The fourth-order valence-electron chi connectivity index (χ4n) is 2.33. The molecule has 0 radical (unpaired) electrons. The Morgan fingerprint density at radius 1 is 1.31 bits per heavy atom. The Kier molecular flexibility index (Phi) is 4.85. The SMILES string of the molecule is Cc1cc(C(=O)O[C@@H](C)C(=O)Nc2ccc(Cl)cn2)c2c(C)noc2n1. The highest BCUT2D eigenvalue weighted by Gasteiger charge is 2.23. The zero-order valence-electron chi connectivity index (χ0n) is 14.2. The third kappa shape index (κ3) is 3.65. The molecule has 26 heavy (non-hydrogen) atoms. The number of carbonyl (C=O) groups is 2. The molecule has 0 aliphatic carbocycles. The van der Waals surface area contributed by atoms with Crippen molar-refractivity contribution in [2.75, 3.05) is 5.32 Å². The minimum Gasteiger partial charge on any atom is -0.449 e. The largest absolute Gasteiger partial charge is 0.449 e. The van der Waals surface area contributed by atoms with Crippen molar-refractivity contribution in [3.63, 3.8) is 0 Å². The highest BCUT2D eigenvalue weighted by molar-refractivity contribution is 6.30. The van der Waals surface area contributed by atoms with Gasteiger partial charge in [0.05, 0.1) is 21.7 Å². The van der Waals surface area contributed by atoms with E-state index < -0.39 is 18.0 Å². The molecule has 0 saturated carbocycles. The molecule has 134 valence electrons. The molecule has 3 heterocycles. The number of carbonyl (C=O) groups excluding carboxylic acids is 2. The Labute approximate surface area is 153 Å². The number of aryl methyl sites for hydroxylation is 2. The predicted molar refractivity (Wildman–Crippen MR) is 94.0 cm³/mol. The van der Waals surface area contributed by atoms with E-state index in [9.17, 15) is 9.59 Å². The van der Waals surface area contributed by atoms with Gasteiger partial charge in [0, 0.05) is 11.9 Å². The van der Waals surface area contributed by atoms with E-state index in [2.05, 4.69) is 20.4 Å². The fraction of sp³-hybridized carbons (Fsp3) is 0.235. The Bertz CT molecular complexity index is 984. The van der Waals surface area contributed by atoms with E-state index in [4.69, 9.17) is 20.9 Å². The van der Waals surface area contributed by atoms with Gasteiger partial charge >= 0.3 is 5.97 Å². The summed E-state index contributed by atoms with van der Waals surface area (Å²) < 4.78 is 10.4. The number of anilines is 1. The number of ether oxygens (including phenoxy) is 1. The van der Waals surface area contributed by atoms with Gasteiger partial charge in [-0.05, 0) is 39.0 Å². The number of fused-ring (bicyclic) bond motifs is 1. The smallest absolute Gasteiger partial charge is 0.339 e. The van der Waals surface area contributed by atoms with E-state index >= 15 is 0 Å². The molecule has 1 amide bonds. The molecule has 0 aliphatic heterocycles. The van der Waals surface area contributed by atoms with Crippen molar-refractivity contribution in [1.82, 2.24) is 15.1 Å². The Hall–Kier alpha value is -3.00. The van der Waals surface area contributed by atoms with Gasteiger partial charge in [-0.3, -0.25) is 4.79 Å². The second-order valence-corrected chi connectivity index (χ2v) is 6.09. The standard InChI is InChI=1S/C17H15ClN4O4/c1-8-6-12(14-9(2)22-26-16(14)20-8)17(24)25-10(3)15(23)21-13-5-4-11(18)7-19-13/h4-7,10H,1-3H3,(H,19,21,23)/t10-/m0/s1. The molecular formula is C17H15ClN4O4. The van der Waals surface area contributed by atoms with Crippen LogP contribution in [0.4, 0.5) is 5.82 Å². The van der Waals surface area contributed by atoms with Gasteiger partial charge in [0.15, 0.2) is 6.10 Å². The topological polar surface area (TPSA) is 107 Å². The van der Waals surface area contributed by atoms with Gasteiger partial charge in [-0.1, -0.05) is 16.8 Å². The molecular weight excluding hydrogens is 360 g/mol. The Morgan fingerprint density at radius 2 is 2.08 bits per heavy atom. The van der Waals surface area contributed by atoms with Crippen LogP contribution in [0.25, 0.3) is 11.1 Å². The predicted octanol–water partition coefficient (Wildman–Crippen LogP) is 3.07. The summed E-state index contributed by atoms with van der Waals surface area (Å²) in [6, 6.07) is 4.71. The molecule has 0 unspecified atom stereocenters. The third-order valence-corrected chi connectivity index (χ3v) is 3.82. The number of nitrogens with one attached hydrogen (secondary N) is 1. The zero-order chi connectivity index (χ0) is 18.8. The highest BCUT2D eigenvalue weighted by Crippen LogP contribution is 2.23. The van der Waals surface area contributed by atoms with Crippen molar-refractivity contribution in [1.29, 1.82) is 0 Å². The van der Waals surface area contributed by atoms with Gasteiger partial charge in [-0.2, -0.15) is 0 Å². The van der Waals surface area contributed by atoms with Crippen LogP contribution >= 0.6 is 11.6 Å². The zero-order valence-corrected chi connectivity index (χ0v) is 15.0. The molecule has 0 saturated heterocycles. The van der Waals surface area contributed by atoms with Crippen molar-refractivity contribution in [2.45, 2.75) is 26.9 Å². The number of amides is 1. The van der Waals surface area contributed by atoms with Crippen LogP contribution < -0.4 is 5.32 Å². The van der Waals surface area contributed by atoms with E-state index in [1.54, 1.807) is 32.0 Å². The van der Waals surface area contributed by atoms with E-state index in [1.807, 2.05) is 0 Å². The van der Waals surface area contributed by atoms with Crippen LogP contribution in [-0.4, -0.2) is 33.1 Å². The van der Waals surface area contributed by atoms with Crippen LogP contribution in [0.5, 0.6) is 0 Å². The highest BCUT2D eigenvalue weighted by atomic mass is 35.5. The maximum Gasteiger partial charge on any atom is 0.339 e. The number of halogens is 1. The Balaban J connectivity index is 1.76. The molecule has 3 aromatic heterocycles. The molecule has 9 heteroatoms. The molecule has 0 fully saturated rings. The minimum absolute atomic E-state index is 0.246. The van der Waals surface area contributed by atoms with Gasteiger partial charge < -0.3 is 14.6 Å². The van der Waals surface area contributed by atoms with Gasteiger partial charge in [0.25, 0.3) is 11.6 Å². The second-order valence-electron chi connectivity index (χ2n) is 5.66. The molecule has 0 aliphatic rings. The Morgan fingerprint density at radius 3 is 2.77 bits per heavy atom. The van der Waals surface area contributed by atoms with Crippen molar-refractivity contribution >= 4 is 40.4 Å². The number of esters is 1. The summed E-state index contributed by atoms with van der Waals surface area (Å²) in [6.45, 7) is 4.88. The van der Waals surface area contributed by atoms with E-state index in [1.165, 1.54) is 13.1 Å². The van der Waals surface area contributed by atoms with Gasteiger partial charge in [-0.15, -0.1) is 0 Å². The number of aromatic nitrogens is 3. The molecule has 8 nitrogen and oxygen atoms in total. The number of nitrogens with zero attached hydrogens (tertiary/aromatic N) is 3. The van der Waals surface area contributed by atoms with E-state index in [0.29, 0.717) is 27.6 Å². The van der Waals surface area contributed by atoms with E-state index in [-0.39, 0.29) is 11.3 Å². The molecule has 1 atom stereocenters. The molecule has 0 bridgehead atoms. The van der Waals surface area contributed by atoms with Crippen molar-refractivity contribution < 1.29 is 18.8 Å². The maximum absolute atomic E-state index is 12.5. The van der Waals surface area contributed by atoms with Crippen LogP contribution in [-0.2, 0) is 9.53 Å². The number of hydrogen-bond acceptors (Lipinski definition) is 7. The molecule has 0 aromatic carbocycles. The summed E-state index contributed by atoms with van der Waals surface area (Å²) in [5, 5.41) is 7.28. The van der Waals surface area contributed by atoms with E-state index in [0.717, 1.165) is 0 Å². The first kappa shape index (κ1) is 17.8. The van der Waals surface area contributed by atoms with Gasteiger partial charge in [-0.25, -0.2) is 14.8 Å². The first-order valence-corrected chi connectivity index (χ1v) is 8.10. The molecule has 3 aromatic rings. The van der Waals surface area contributed by atoms with Crippen LogP contribution in [0, 0.1) is 13.8 Å². The summed E-state index contributed by atoms with van der Waals surface area (Å²) in [4.78, 5) is 32.9. The minimum atomic E-state index is -1.04. The van der Waals surface area contributed by atoms with Crippen LogP contribution in [0.2, 0.25) is 5.02 Å². The summed E-state index contributed by atoms with van der Waals surface area (Å²) in [5.74, 6) is -0.880. The summed E-state index contributed by atoms with van der Waals surface area (Å²) in [6.07, 6.45) is 0.364. The summed E-state index contributed by atoms with van der Waals surface area (Å²) in [7, 11) is 0. The molecule has 1 N–H and O–H groups in total. The van der Waals surface area contributed by atoms with Crippen molar-refractivity contribution in [3.8, 4) is 0 Å². The first-order chi connectivity index (χ1) is 12.3. The quantitative estimate of drug-likeness (QED) is 0.699. The first-order valence-electron chi connectivity index (χ1n) is 7.72. The lowest BCUT2D eigenvalue weighted by atomic mass is 10.1. The average Bonchev–Trinajstić information content (AvgIpc) is 2.96. The lowest BCUT2D eigenvalue weighted by Gasteiger charge is -2.13. The van der Waals surface area contributed by atoms with Crippen LogP contribution in [0.1, 0.15) is 28.7 Å². The lowest BCUT2D eigenvalue weighted by Crippen LogP contribution is -2.30. The molecule has 3 rings (SSSR count). The second kappa shape index (κ2) is 7.09. The third-order valence-electron chi connectivity index (χ3n) is 3.60. The number of pyridine rings is 2.